The largest absolute Gasteiger partial charge is 0.481 e. The predicted molar refractivity (Wildman–Crippen MR) is 70.0 cm³/mol. The number of carboxylic acids is 1. The van der Waals surface area contributed by atoms with Crippen LogP contribution in [0.2, 0.25) is 0 Å². The van der Waals surface area contributed by atoms with Gasteiger partial charge in [0.1, 0.15) is 0 Å². The van der Waals surface area contributed by atoms with Gasteiger partial charge < -0.3 is 25.6 Å². The molecule has 0 aromatic carbocycles. The van der Waals surface area contributed by atoms with E-state index in [2.05, 4.69) is 10.6 Å². The molecule has 1 atom stereocenters. The fraction of sp³-hybridized carbons (Fsp3) is 0.833. The maximum Gasteiger partial charge on any atom is 0.314 e. The molecule has 4 N–H and O–H groups in total. The van der Waals surface area contributed by atoms with Gasteiger partial charge in [0.2, 0.25) is 0 Å². The molecule has 0 saturated heterocycles. The third kappa shape index (κ3) is 11.5. The first-order valence-corrected chi connectivity index (χ1v) is 6.32. The lowest BCUT2D eigenvalue weighted by molar-refractivity contribution is -0.141. The Labute approximate surface area is 113 Å². The zero-order valence-electron chi connectivity index (χ0n) is 11.6. The summed E-state index contributed by atoms with van der Waals surface area (Å²) < 4.78 is 4.90. The summed E-state index contributed by atoms with van der Waals surface area (Å²) in [4.78, 5) is 21.8. The summed E-state index contributed by atoms with van der Waals surface area (Å²) in [5.74, 6) is -1.11. The lowest BCUT2D eigenvalue weighted by Crippen LogP contribution is -2.46. The summed E-state index contributed by atoms with van der Waals surface area (Å²) >= 11 is 0. The molecule has 0 spiro atoms. The van der Waals surface area contributed by atoms with Crippen LogP contribution in [0.25, 0.3) is 0 Å². The first kappa shape index (κ1) is 17.7. The minimum absolute atomic E-state index is 0.102. The molecule has 112 valence electrons. The van der Waals surface area contributed by atoms with Crippen molar-refractivity contribution in [2.45, 2.75) is 38.2 Å². The van der Waals surface area contributed by atoms with Gasteiger partial charge in [0.05, 0.1) is 12.0 Å². The fourth-order valence-electron chi connectivity index (χ4n) is 1.47. The fourth-order valence-corrected chi connectivity index (χ4v) is 1.47. The van der Waals surface area contributed by atoms with Crippen LogP contribution in [0.4, 0.5) is 4.79 Å². The van der Waals surface area contributed by atoms with Gasteiger partial charge in [-0.05, 0) is 26.2 Å². The van der Waals surface area contributed by atoms with E-state index in [9.17, 15) is 14.7 Å². The van der Waals surface area contributed by atoms with E-state index in [1.54, 1.807) is 7.11 Å². The Balaban J connectivity index is 3.61. The number of nitrogens with one attached hydrogen (secondary N) is 2. The zero-order valence-corrected chi connectivity index (χ0v) is 11.6. The molecule has 19 heavy (non-hydrogen) atoms. The zero-order chi connectivity index (χ0) is 14.7. The van der Waals surface area contributed by atoms with Crippen molar-refractivity contribution in [3.8, 4) is 0 Å². The third-order valence-corrected chi connectivity index (χ3v) is 2.47. The van der Waals surface area contributed by atoms with Gasteiger partial charge in [-0.2, -0.15) is 0 Å². The molecule has 0 aromatic rings. The number of hydrogen-bond donors (Lipinski definition) is 4. The van der Waals surface area contributed by atoms with Crippen molar-refractivity contribution in [2.75, 3.05) is 26.8 Å². The normalized spacial score (nSPS) is 13.6. The maximum atomic E-state index is 11.4. The topological polar surface area (TPSA) is 108 Å². The smallest absolute Gasteiger partial charge is 0.314 e. The Kier molecular flexibility index (Phi) is 8.90. The van der Waals surface area contributed by atoms with Gasteiger partial charge in [0.15, 0.2) is 0 Å². The second kappa shape index (κ2) is 9.57. The molecule has 0 aliphatic rings. The van der Waals surface area contributed by atoms with E-state index in [0.717, 1.165) is 19.3 Å². The summed E-state index contributed by atoms with van der Waals surface area (Å²) in [6.45, 7) is 2.52. The number of carbonyl (C=O) groups excluding carboxylic acids is 1. The number of carboxylic acid groups (broad SMARTS) is 1. The Morgan fingerprint density at radius 2 is 1.89 bits per heavy atom. The number of hydrogen-bond acceptors (Lipinski definition) is 4. The van der Waals surface area contributed by atoms with Crippen LogP contribution in [0.3, 0.4) is 0 Å². The number of aliphatic hydroxyl groups is 1. The SMILES string of the molecule is COCCCCCNC(=O)NCC(C)(O)CC(=O)O. The molecule has 2 amide bonds. The van der Waals surface area contributed by atoms with Gasteiger partial charge in [-0.25, -0.2) is 4.79 Å². The van der Waals surface area contributed by atoms with Gasteiger partial charge in [0, 0.05) is 26.8 Å². The van der Waals surface area contributed by atoms with Crippen molar-refractivity contribution in [1.29, 1.82) is 0 Å². The molecular formula is C12H24N2O5. The van der Waals surface area contributed by atoms with Crippen LogP contribution < -0.4 is 10.6 Å². The van der Waals surface area contributed by atoms with E-state index in [-0.39, 0.29) is 6.54 Å². The van der Waals surface area contributed by atoms with Crippen LogP contribution in [0.15, 0.2) is 0 Å². The van der Waals surface area contributed by atoms with Crippen LogP contribution in [0.1, 0.15) is 32.6 Å². The van der Waals surface area contributed by atoms with E-state index in [1.807, 2.05) is 0 Å². The quantitative estimate of drug-likeness (QED) is 0.430. The molecule has 0 fully saturated rings. The summed E-state index contributed by atoms with van der Waals surface area (Å²) in [5.41, 5.74) is -1.44. The van der Waals surface area contributed by atoms with Crippen molar-refractivity contribution >= 4 is 12.0 Å². The first-order chi connectivity index (χ1) is 8.87. The standard InChI is InChI=1S/C12H24N2O5/c1-12(18,8-10(15)16)9-14-11(17)13-6-4-3-5-7-19-2/h18H,3-9H2,1-2H3,(H,15,16)(H2,13,14,17). The predicted octanol–water partition coefficient (Wildman–Crippen LogP) is 0.328. The van der Waals surface area contributed by atoms with E-state index < -0.39 is 24.0 Å². The molecule has 0 rings (SSSR count). The van der Waals surface area contributed by atoms with Crippen molar-refractivity contribution in [1.82, 2.24) is 10.6 Å². The summed E-state index contributed by atoms with van der Waals surface area (Å²) in [6.07, 6.45) is 2.35. The number of methoxy groups -OCH3 is 1. The van der Waals surface area contributed by atoms with Crippen molar-refractivity contribution in [2.24, 2.45) is 0 Å². The van der Waals surface area contributed by atoms with E-state index >= 15 is 0 Å². The minimum Gasteiger partial charge on any atom is -0.481 e. The van der Waals surface area contributed by atoms with E-state index in [1.165, 1.54) is 6.92 Å². The number of amides is 2. The molecule has 1 unspecified atom stereocenters. The number of aliphatic carboxylic acids is 1. The highest BCUT2D eigenvalue weighted by atomic mass is 16.5. The van der Waals surface area contributed by atoms with Crippen molar-refractivity contribution in [3.05, 3.63) is 0 Å². The molecule has 0 heterocycles. The molecule has 0 saturated carbocycles. The van der Waals surface area contributed by atoms with Crippen LogP contribution >= 0.6 is 0 Å². The average molecular weight is 276 g/mol. The van der Waals surface area contributed by atoms with Gasteiger partial charge in [-0.3, -0.25) is 4.79 Å². The summed E-state index contributed by atoms with van der Waals surface area (Å²) in [7, 11) is 1.65. The number of unbranched alkanes of at least 4 members (excludes halogenated alkanes) is 2. The van der Waals surface area contributed by atoms with Gasteiger partial charge in [0.25, 0.3) is 0 Å². The highest BCUT2D eigenvalue weighted by Gasteiger charge is 2.24. The molecule has 7 nitrogen and oxygen atoms in total. The van der Waals surface area contributed by atoms with Crippen molar-refractivity contribution in [3.63, 3.8) is 0 Å². The van der Waals surface area contributed by atoms with Crippen LogP contribution in [-0.2, 0) is 9.53 Å². The first-order valence-electron chi connectivity index (χ1n) is 6.32. The highest BCUT2D eigenvalue weighted by molar-refractivity contribution is 5.74. The Morgan fingerprint density at radius 1 is 1.21 bits per heavy atom. The monoisotopic (exact) mass is 276 g/mol. The Hall–Kier alpha value is -1.34. The molecule has 0 aliphatic carbocycles. The summed E-state index contributed by atoms with van der Waals surface area (Å²) in [6, 6.07) is -0.405. The number of carbonyl (C=O) groups is 2. The molecule has 0 radical (unpaired) electrons. The Morgan fingerprint density at radius 3 is 2.47 bits per heavy atom. The van der Waals surface area contributed by atoms with Crippen LogP contribution in [0.5, 0.6) is 0 Å². The number of rotatable bonds is 10. The van der Waals surface area contributed by atoms with Gasteiger partial charge >= 0.3 is 12.0 Å². The summed E-state index contributed by atoms with van der Waals surface area (Å²) in [5, 5.41) is 23.3. The maximum absolute atomic E-state index is 11.4. The second-order valence-corrected chi connectivity index (χ2v) is 4.73. The van der Waals surface area contributed by atoms with Crippen LogP contribution in [0, 0.1) is 0 Å². The molecule has 0 bridgehead atoms. The number of urea groups is 1. The minimum atomic E-state index is -1.44. The highest BCUT2D eigenvalue weighted by Crippen LogP contribution is 2.06. The third-order valence-electron chi connectivity index (χ3n) is 2.47. The lowest BCUT2D eigenvalue weighted by atomic mass is 10.0. The molecule has 0 aliphatic heterocycles. The molecule has 0 aromatic heterocycles. The average Bonchev–Trinajstić information content (AvgIpc) is 2.29. The second-order valence-electron chi connectivity index (χ2n) is 4.73. The Bertz CT molecular complexity index is 281. The van der Waals surface area contributed by atoms with Crippen molar-refractivity contribution < 1.29 is 24.5 Å². The van der Waals surface area contributed by atoms with Gasteiger partial charge in [-0.15, -0.1) is 0 Å². The van der Waals surface area contributed by atoms with E-state index in [0.29, 0.717) is 13.2 Å². The van der Waals surface area contributed by atoms with E-state index in [4.69, 9.17) is 9.84 Å². The number of ether oxygens (including phenoxy) is 1. The molecular weight excluding hydrogens is 252 g/mol. The van der Waals surface area contributed by atoms with Crippen LogP contribution in [-0.4, -0.2) is 54.6 Å². The molecule has 7 heteroatoms. The van der Waals surface area contributed by atoms with Gasteiger partial charge in [-0.1, -0.05) is 0 Å². The lowest BCUT2D eigenvalue weighted by Gasteiger charge is -2.21.